The van der Waals surface area contributed by atoms with E-state index in [1.807, 2.05) is 30.1 Å². The number of aryl methyl sites for hydroxylation is 1. The summed E-state index contributed by atoms with van der Waals surface area (Å²) in [7, 11) is 2.00. The number of para-hydroxylation sites is 1. The van der Waals surface area contributed by atoms with Gasteiger partial charge in [0.05, 0.1) is 6.20 Å². The molecule has 1 saturated heterocycles. The zero-order chi connectivity index (χ0) is 19.5. The molecule has 6 nitrogen and oxygen atoms in total. The molecule has 0 N–H and O–H groups in total. The van der Waals surface area contributed by atoms with E-state index in [9.17, 15) is 0 Å². The van der Waals surface area contributed by atoms with Crippen molar-refractivity contribution in [2.75, 3.05) is 47.9 Å². The summed E-state index contributed by atoms with van der Waals surface area (Å²) < 4.78 is 0. The van der Waals surface area contributed by atoms with Crippen molar-refractivity contribution in [3.8, 4) is 0 Å². The Morgan fingerprint density at radius 3 is 2.32 bits per heavy atom. The summed E-state index contributed by atoms with van der Waals surface area (Å²) >= 11 is 0. The SMILES string of the molecule is Cc1cccc(N2CCN(c3nncc(N(C)c4ccccc4)n3)CC2)c1C. The standard InChI is InChI=1S/C22H26N6/c1-17-8-7-11-20(18(17)2)27-12-14-28(15-13-27)22-24-21(16-23-25-22)26(3)19-9-5-4-6-10-19/h4-11,16H,12-15H2,1-3H3. The third-order valence-corrected chi connectivity index (χ3v) is 5.50. The van der Waals surface area contributed by atoms with Crippen LogP contribution < -0.4 is 14.7 Å². The lowest BCUT2D eigenvalue weighted by atomic mass is 10.1. The van der Waals surface area contributed by atoms with Crippen LogP contribution in [0.25, 0.3) is 0 Å². The first kappa shape index (κ1) is 18.2. The number of anilines is 4. The second-order valence-corrected chi connectivity index (χ2v) is 7.20. The molecule has 2 aromatic carbocycles. The fraction of sp³-hybridized carbons (Fsp3) is 0.318. The lowest BCUT2D eigenvalue weighted by Crippen LogP contribution is -2.47. The quantitative estimate of drug-likeness (QED) is 0.696. The van der Waals surface area contributed by atoms with Gasteiger partial charge in [-0.1, -0.05) is 30.3 Å². The second kappa shape index (κ2) is 7.84. The van der Waals surface area contributed by atoms with E-state index in [0.717, 1.165) is 37.7 Å². The topological polar surface area (TPSA) is 48.4 Å². The van der Waals surface area contributed by atoms with Crippen LogP contribution in [0, 0.1) is 13.8 Å². The van der Waals surface area contributed by atoms with Gasteiger partial charge < -0.3 is 14.7 Å². The highest BCUT2D eigenvalue weighted by molar-refractivity contribution is 5.59. The third kappa shape index (κ3) is 3.63. The maximum absolute atomic E-state index is 4.76. The van der Waals surface area contributed by atoms with E-state index in [0.29, 0.717) is 5.95 Å². The van der Waals surface area contributed by atoms with Gasteiger partial charge in [-0.25, -0.2) is 0 Å². The number of nitrogens with zero attached hydrogens (tertiary/aromatic N) is 6. The Morgan fingerprint density at radius 2 is 1.57 bits per heavy atom. The van der Waals surface area contributed by atoms with Crippen molar-refractivity contribution >= 4 is 23.1 Å². The molecule has 0 atom stereocenters. The Kier molecular flexibility index (Phi) is 5.10. The van der Waals surface area contributed by atoms with Crippen molar-refractivity contribution < 1.29 is 0 Å². The molecule has 28 heavy (non-hydrogen) atoms. The maximum atomic E-state index is 4.76. The fourth-order valence-corrected chi connectivity index (χ4v) is 3.59. The molecule has 0 radical (unpaired) electrons. The fourth-order valence-electron chi connectivity index (χ4n) is 3.59. The lowest BCUT2D eigenvalue weighted by Gasteiger charge is -2.37. The van der Waals surface area contributed by atoms with Gasteiger partial charge in [-0.3, -0.25) is 0 Å². The number of hydrogen-bond acceptors (Lipinski definition) is 6. The van der Waals surface area contributed by atoms with E-state index in [2.05, 4.69) is 64.2 Å². The minimum atomic E-state index is 0.695. The Bertz CT molecular complexity index is 935. The Balaban J connectivity index is 1.47. The van der Waals surface area contributed by atoms with E-state index in [-0.39, 0.29) is 0 Å². The van der Waals surface area contributed by atoms with E-state index >= 15 is 0 Å². The van der Waals surface area contributed by atoms with Crippen LogP contribution in [-0.4, -0.2) is 48.4 Å². The van der Waals surface area contributed by atoms with Crippen molar-refractivity contribution in [1.29, 1.82) is 0 Å². The molecule has 1 aliphatic heterocycles. The van der Waals surface area contributed by atoms with E-state index in [1.54, 1.807) is 6.20 Å². The summed E-state index contributed by atoms with van der Waals surface area (Å²) in [5.41, 5.74) is 5.11. The largest absolute Gasteiger partial charge is 0.368 e. The van der Waals surface area contributed by atoms with Crippen LogP contribution in [0.1, 0.15) is 11.1 Å². The normalized spacial score (nSPS) is 14.2. The van der Waals surface area contributed by atoms with Gasteiger partial charge in [0.1, 0.15) is 0 Å². The van der Waals surface area contributed by atoms with Crippen LogP contribution in [0.2, 0.25) is 0 Å². The summed E-state index contributed by atoms with van der Waals surface area (Å²) in [6.07, 6.45) is 1.71. The molecule has 1 aromatic heterocycles. The van der Waals surface area contributed by atoms with Gasteiger partial charge in [0, 0.05) is 44.6 Å². The molecule has 6 heteroatoms. The summed E-state index contributed by atoms with van der Waals surface area (Å²) in [6, 6.07) is 16.7. The molecule has 0 bridgehead atoms. The molecular weight excluding hydrogens is 348 g/mol. The van der Waals surface area contributed by atoms with Crippen LogP contribution >= 0.6 is 0 Å². The van der Waals surface area contributed by atoms with Crippen molar-refractivity contribution in [2.24, 2.45) is 0 Å². The van der Waals surface area contributed by atoms with Gasteiger partial charge in [-0.05, 0) is 43.2 Å². The van der Waals surface area contributed by atoms with E-state index < -0.39 is 0 Å². The van der Waals surface area contributed by atoms with Gasteiger partial charge >= 0.3 is 0 Å². The number of benzene rings is 2. The number of hydrogen-bond donors (Lipinski definition) is 0. The van der Waals surface area contributed by atoms with Crippen LogP contribution in [0.15, 0.2) is 54.7 Å². The predicted molar refractivity (Wildman–Crippen MR) is 115 cm³/mol. The summed E-state index contributed by atoms with van der Waals surface area (Å²) in [5, 5.41) is 8.49. The van der Waals surface area contributed by atoms with Gasteiger partial charge in [0.15, 0.2) is 5.82 Å². The van der Waals surface area contributed by atoms with Crippen molar-refractivity contribution in [3.05, 3.63) is 65.9 Å². The lowest BCUT2D eigenvalue weighted by molar-refractivity contribution is 0.633. The molecule has 2 heterocycles. The molecule has 0 spiro atoms. The molecule has 0 amide bonds. The molecule has 0 aliphatic carbocycles. The molecule has 0 saturated carbocycles. The predicted octanol–water partition coefficient (Wildman–Crippen LogP) is 3.58. The second-order valence-electron chi connectivity index (χ2n) is 7.20. The molecule has 4 rings (SSSR count). The van der Waals surface area contributed by atoms with Crippen LogP contribution in [0.3, 0.4) is 0 Å². The van der Waals surface area contributed by atoms with Crippen LogP contribution in [-0.2, 0) is 0 Å². The van der Waals surface area contributed by atoms with Gasteiger partial charge in [0.2, 0.25) is 5.95 Å². The minimum Gasteiger partial charge on any atom is -0.368 e. The Hall–Kier alpha value is -3.15. The zero-order valence-corrected chi connectivity index (χ0v) is 16.7. The highest BCUT2D eigenvalue weighted by atomic mass is 15.4. The average molecular weight is 374 g/mol. The van der Waals surface area contributed by atoms with Gasteiger partial charge in [-0.15, -0.1) is 5.10 Å². The van der Waals surface area contributed by atoms with Crippen molar-refractivity contribution in [3.63, 3.8) is 0 Å². The summed E-state index contributed by atoms with van der Waals surface area (Å²) in [4.78, 5) is 11.5. The van der Waals surface area contributed by atoms with Crippen LogP contribution in [0.4, 0.5) is 23.1 Å². The van der Waals surface area contributed by atoms with Crippen molar-refractivity contribution in [1.82, 2.24) is 15.2 Å². The summed E-state index contributed by atoms with van der Waals surface area (Å²) in [6.45, 7) is 8.04. The zero-order valence-electron chi connectivity index (χ0n) is 16.7. The third-order valence-electron chi connectivity index (χ3n) is 5.50. The monoisotopic (exact) mass is 374 g/mol. The summed E-state index contributed by atoms with van der Waals surface area (Å²) in [5.74, 6) is 1.49. The number of rotatable bonds is 4. The minimum absolute atomic E-state index is 0.695. The van der Waals surface area contributed by atoms with Crippen molar-refractivity contribution in [2.45, 2.75) is 13.8 Å². The first-order valence-electron chi connectivity index (χ1n) is 9.68. The molecule has 144 valence electrons. The molecule has 1 aliphatic rings. The van der Waals surface area contributed by atoms with Gasteiger partial charge in [0.25, 0.3) is 0 Å². The molecule has 3 aromatic rings. The number of aromatic nitrogens is 3. The Morgan fingerprint density at radius 1 is 0.857 bits per heavy atom. The average Bonchev–Trinajstić information content (AvgIpc) is 2.76. The smallest absolute Gasteiger partial charge is 0.247 e. The van der Waals surface area contributed by atoms with E-state index in [4.69, 9.17) is 4.98 Å². The van der Waals surface area contributed by atoms with E-state index in [1.165, 1.54) is 16.8 Å². The highest BCUT2D eigenvalue weighted by Gasteiger charge is 2.21. The van der Waals surface area contributed by atoms with Gasteiger partial charge in [-0.2, -0.15) is 10.1 Å². The molecular formula is C22H26N6. The molecule has 0 unspecified atom stereocenters. The highest BCUT2D eigenvalue weighted by Crippen LogP contribution is 2.25. The first-order chi connectivity index (χ1) is 13.6. The number of piperazine rings is 1. The maximum Gasteiger partial charge on any atom is 0.247 e. The van der Waals surface area contributed by atoms with Crippen LogP contribution in [0.5, 0.6) is 0 Å². The Labute approximate surface area is 166 Å². The molecule has 1 fully saturated rings. The first-order valence-corrected chi connectivity index (χ1v) is 9.68.